The van der Waals surface area contributed by atoms with Gasteiger partial charge in [0.05, 0.1) is 11.1 Å². The average molecular weight is 402 g/mol. The summed E-state index contributed by atoms with van der Waals surface area (Å²) in [6.07, 6.45) is 2.97. The number of carbonyl (C=O) groups excluding carboxylic acids is 4. The number of benzene rings is 2. The first kappa shape index (κ1) is 20.7. The van der Waals surface area contributed by atoms with Crippen LogP contribution >= 0.6 is 0 Å². The van der Waals surface area contributed by atoms with Gasteiger partial charge in [-0.3, -0.25) is 19.2 Å². The number of rotatable bonds is 5. The minimum atomic E-state index is -0.750. The molecule has 0 spiro atoms. The molecule has 1 aliphatic carbocycles. The number of allylic oxidation sites excluding steroid dienone is 3. The van der Waals surface area contributed by atoms with Crippen molar-refractivity contribution in [2.45, 2.75) is 13.8 Å². The first-order valence-corrected chi connectivity index (χ1v) is 9.12. The lowest BCUT2D eigenvalue weighted by atomic mass is 9.88. The third-order valence-electron chi connectivity index (χ3n) is 4.15. The molecule has 0 heterocycles. The van der Waals surface area contributed by atoms with Crippen LogP contribution in [0, 0.1) is 0 Å². The number of ketones is 2. The molecule has 0 radical (unpaired) electrons. The maximum absolute atomic E-state index is 13.3. The molecular weight excluding hydrogens is 384 g/mol. The standard InChI is InChI=1S/C24H18O6/c1-15(25)29-23-19(14-13-17-9-5-3-6-10-17)21(27)24(30-16(2)26)20(22(23)28)18-11-7-4-8-12-18/h3-14H,1-2H3/b14-13+. The third-order valence-corrected chi connectivity index (χ3v) is 4.15. The van der Waals surface area contributed by atoms with Crippen LogP contribution in [0.5, 0.6) is 0 Å². The molecule has 0 atom stereocenters. The molecule has 0 N–H and O–H groups in total. The molecule has 0 saturated heterocycles. The Bertz CT molecular complexity index is 1100. The van der Waals surface area contributed by atoms with E-state index in [0.29, 0.717) is 5.56 Å². The smallest absolute Gasteiger partial charge is 0.308 e. The van der Waals surface area contributed by atoms with Crippen molar-refractivity contribution in [3.63, 3.8) is 0 Å². The van der Waals surface area contributed by atoms with Crippen molar-refractivity contribution in [1.82, 2.24) is 0 Å². The van der Waals surface area contributed by atoms with E-state index in [1.165, 1.54) is 6.08 Å². The van der Waals surface area contributed by atoms with Crippen molar-refractivity contribution in [2.75, 3.05) is 0 Å². The number of esters is 2. The molecule has 0 saturated carbocycles. The summed E-state index contributed by atoms with van der Waals surface area (Å²) in [6.45, 7) is 2.27. The van der Waals surface area contributed by atoms with Crippen molar-refractivity contribution in [1.29, 1.82) is 0 Å². The Labute approximate surface area is 173 Å². The number of hydrogen-bond donors (Lipinski definition) is 0. The van der Waals surface area contributed by atoms with Crippen molar-refractivity contribution in [3.05, 3.63) is 95.0 Å². The molecule has 0 fully saturated rings. The van der Waals surface area contributed by atoms with Gasteiger partial charge in [0.1, 0.15) is 0 Å². The number of Topliss-reactive ketones (excluding diaryl/α,β-unsaturated/α-hetero) is 2. The second-order valence-electron chi connectivity index (χ2n) is 6.40. The maximum Gasteiger partial charge on any atom is 0.308 e. The predicted molar refractivity (Wildman–Crippen MR) is 109 cm³/mol. The second-order valence-corrected chi connectivity index (χ2v) is 6.40. The highest BCUT2D eigenvalue weighted by Crippen LogP contribution is 2.33. The van der Waals surface area contributed by atoms with E-state index in [-0.39, 0.29) is 11.1 Å². The molecule has 2 aromatic carbocycles. The normalized spacial score (nSPS) is 14.3. The highest BCUT2D eigenvalue weighted by atomic mass is 16.5. The second kappa shape index (κ2) is 8.96. The summed E-state index contributed by atoms with van der Waals surface area (Å²) in [4.78, 5) is 49.8. The zero-order valence-corrected chi connectivity index (χ0v) is 16.4. The monoisotopic (exact) mass is 402 g/mol. The van der Waals surface area contributed by atoms with Gasteiger partial charge in [-0.05, 0) is 17.2 Å². The fourth-order valence-electron chi connectivity index (χ4n) is 2.93. The van der Waals surface area contributed by atoms with Crippen LogP contribution in [0.15, 0.2) is 83.8 Å². The lowest BCUT2D eigenvalue weighted by molar-refractivity contribution is -0.141. The summed E-state index contributed by atoms with van der Waals surface area (Å²) in [5.74, 6) is -3.76. The first-order chi connectivity index (χ1) is 14.4. The molecule has 3 rings (SSSR count). The molecule has 150 valence electrons. The highest BCUT2D eigenvalue weighted by molar-refractivity contribution is 6.39. The van der Waals surface area contributed by atoms with Crippen LogP contribution in [-0.2, 0) is 28.7 Å². The lowest BCUT2D eigenvalue weighted by Gasteiger charge is -2.21. The van der Waals surface area contributed by atoms with Crippen LogP contribution in [0.1, 0.15) is 25.0 Å². The molecule has 0 aliphatic heterocycles. The Morgan fingerprint density at radius 2 is 1.23 bits per heavy atom. The van der Waals surface area contributed by atoms with E-state index in [1.807, 2.05) is 18.2 Å². The molecule has 0 aromatic heterocycles. The molecule has 0 bridgehead atoms. The quantitative estimate of drug-likeness (QED) is 0.561. The largest absolute Gasteiger partial charge is 0.422 e. The Hall–Kier alpha value is -4.06. The zero-order valence-electron chi connectivity index (χ0n) is 16.4. The van der Waals surface area contributed by atoms with Gasteiger partial charge in [0, 0.05) is 13.8 Å². The Balaban J connectivity index is 2.18. The van der Waals surface area contributed by atoms with E-state index >= 15 is 0 Å². The Morgan fingerprint density at radius 3 is 1.80 bits per heavy atom. The van der Waals surface area contributed by atoms with Crippen molar-refractivity contribution in [2.24, 2.45) is 0 Å². The molecular formula is C24H18O6. The molecule has 0 amide bonds. The number of ether oxygens (including phenoxy) is 2. The molecule has 0 unspecified atom stereocenters. The minimum absolute atomic E-state index is 0.135. The summed E-state index contributed by atoms with van der Waals surface area (Å²) in [7, 11) is 0. The fraction of sp³-hybridized carbons (Fsp3) is 0.0833. The van der Waals surface area contributed by atoms with E-state index in [0.717, 1.165) is 19.4 Å². The van der Waals surface area contributed by atoms with Crippen molar-refractivity contribution in [3.8, 4) is 0 Å². The van der Waals surface area contributed by atoms with E-state index in [2.05, 4.69) is 0 Å². The van der Waals surface area contributed by atoms with Gasteiger partial charge in [-0.2, -0.15) is 0 Å². The summed E-state index contributed by atoms with van der Waals surface area (Å²) in [5, 5.41) is 0. The zero-order chi connectivity index (χ0) is 21.7. The van der Waals surface area contributed by atoms with Crippen LogP contribution < -0.4 is 0 Å². The Kier molecular flexibility index (Phi) is 6.17. The van der Waals surface area contributed by atoms with Gasteiger partial charge in [0.2, 0.25) is 11.6 Å². The number of carbonyl (C=O) groups is 4. The summed E-state index contributed by atoms with van der Waals surface area (Å²) < 4.78 is 10.3. The Morgan fingerprint density at radius 1 is 0.700 bits per heavy atom. The van der Waals surface area contributed by atoms with Gasteiger partial charge in [-0.1, -0.05) is 66.7 Å². The van der Waals surface area contributed by atoms with E-state index in [4.69, 9.17) is 9.47 Å². The van der Waals surface area contributed by atoms with E-state index in [9.17, 15) is 19.2 Å². The lowest BCUT2D eigenvalue weighted by Crippen LogP contribution is -2.27. The topological polar surface area (TPSA) is 86.7 Å². The summed E-state index contributed by atoms with van der Waals surface area (Å²) >= 11 is 0. The van der Waals surface area contributed by atoms with Gasteiger partial charge in [-0.15, -0.1) is 0 Å². The van der Waals surface area contributed by atoms with Gasteiger partial charge in [0.15, 0.2) is 11.5 Å². The third kappa shape index (κ3) is 4.50. The maximum atomic E-state index is 13.3. The van der Waals surface area contributed by atoms with Crippen LogP contribution in [-0.4, -0.2) is 23.5 Å². The minimum Gasteiger partial charge on any atom is -0.422 e. The van der Waals surface area contributed by atoms with Crippen LogP contribution in [0.25, 0.3) is 11.6 Å². The van der Waals surface area contributed by atoms with Crippen molar-refractivity contribution < 1.29 is 28.7 Å². The molecule has 6 nitrogen and oxygen atoms in total. The fourth-order valence-corrected chi connectivity index (χ4v) is 2.93. The summed E-state index contributed by atoms with van der Waals surface area (Å²) in [5.41, 5.74) is 0.820. The van der Waals surface area contributed by atoms with Crippen LogP contribution in [0.4, 0.5) is 0 Å². The van der Waals surface area contributed by atoms with E-state index < -0.39 is 35.0 Å². The van der Waals surface area contributed by atoms with Crippen LogP contribution in [0.2, 0.25) is 0 Å². The molecule has 2 aromatic rings. The molecule has 30 heavy (non-hydrogen) atoms. The summed E-state index contributed by atoms with van der Waals surface area (Å²) in [6, 6.07) is 17.3. The van der Waals surface area contributed by atoms with Gasteiger partial charge in [0.25, 0.3) is 0 Å². The van der Waals surface area contributed by atoms with Gasteiger partial charge in [-0.25, -0.2) is 0 Å². The molecule has 1 aliphatic rings. The predicted octanol–water partition coefficient (Wildman–Crippen LogP) is 3.64. The average Bonchev–Trinajstić information content (AvgIpc) is 2.72. The van der Waals surface area contributed by atoms with E-state index in [1.54, 1.807) is 48.5 Å². The van der Waals surface area contributed by atoms with Crippen LogP contribution in [0.3, 0.4) is 0 Å². The SMILES string of the molecule is CC(=O)OC1=C(/C=C/c2ccccc2)C(=O)C(OC(C)=O)=C(c2ccccc2)C1=O. The number of hydrogen-bond acceptors (Lipinski definition) is 6. The highest BCUT2D eigenvalue weighted by Gasteiger charge is 2.38. The van der Waals surface area contributed by atoms with Gasteiger partial charge >= 0.3 is 11.9 Å². The van der Waals surface area contributed by atoms with Gasteiger partial charge < -0.3 is 9.47 Å². The first-order valence-electron chi connectivity index (χ1n) is 9.12. The van der Waals surface area contributed by atoms with Crippen molar-refractivity contribution >= 4 is 35.2 Å². The molecule has 6 heteroatoms.